The summed E-state index contributed by atoms with van der Waals surface area (Å²) in [7, 11) is 1.63. The zero-order valence-electron chi connectivity index (χ0n) is 10.8. The summed E-state index contributed by atoms with van der Waals surface area (Å²) < 4.78 is 6.17. The zero-order chi connectivity index (χ0) is 14.4. The van der Waals surface area contributed by atoms with Crippen molar-refractivity contribution in [1.29, 1.82) is 0 Å². The highest BCUT2D eigenvalue weighted by Crippen LogP contribution is 2.20. The SMILES string of the molecule is COc1ccc(/C=N/NC(=O)c2ccccc2)cc1I. The highest BCUT2D eigenvalue weighted by molar-refractivity contribution is 14.1. The zero-order valence-corrected chi connectivity index (χ0v) is 13.0. The Kier molecular flexibility index (Phi) is 5.11. The molecule has 20 heavy (non-hydrogen) atoms. The largest absolute Gasteiger partial charge is 0.496 e. The monoisotopic (exact) mass is 380 g/mol. The second-order valence-electron chi connectivity index (χ2n) is 3.96. The second-order valence-corrected chi connectivity index (χ2v) is 5.12. The van der Waals surface area contributed by atoms with Crippen molar-refractivity contribution < 1.29 is 9.53 Å². The van der Waals surface area contributed by atoms with Gasteiger partial charge in [0.2, 0.25) is 0 Å². The topological polar surface area (TPSA) is 50.7 Å². The van der Waals surface area contributed by atoms with E-state index in [0.717, 1.165) is 14.9 Å². The molecular formula is C15H13IN2O2. The highest BCUT2D eigenvalue weighted by Gasteiger charge is 2.02. The van der Waals surface area contributed by atoms with E-state index < -0.39 is 0 Å². The molecule has 1 N–H and O–H groups in total. The third-order valence-electron chi connectivity index (χ3n) is 2.59. The average molecular weight is 380 g/mol. The minimum Gasteiger partial charge on any atom is -0.496 e. The first kappa shape index (κ1) is 14.5. The summed E-state index contributed by atoms with van der Waals surface area (Å²) in [6.07, 6.45) is 1.60. The van der Waals surface area contributed by atoms with Gasteiger partial charge in [0.1, 0.15) is 5.75 Å². The Morgan fingerprint density at radius 1 is 1.25 bits per heavy atom. The van der Waals surface area contributed by atoms with Crippen LogP contribution in [0.5, 0.6) is 5.75 Å². The number of nitrogens with one attached hydrogen (secondary N) is 1. The number of hydrogen-bond donors (Lipinski definition) is 1. The van der Waals surface area contributed by atoms with Crippen LogP contribution in [0.3, 0.4) is 0 Å². The van der Waals surface area contributed by atoms with E-state index in [1.807, 2.05) is 36.4 Å². The number of methoxy groups -OCH3 is 1. The molecule has 0 atom stereocenters. The van der Waals surface area contributed by atoms with Gasteiger partial charge in [-0.1, -0.05) is 18.2 Å². The lowest BCUT2D eigenvalue weighted by molar-refractivity contribution is 0.0955. The molecule has 102 valence electrons. The number of rotatable bonds is 4. The molecule has 0 spiro atoms. The quantitative estimate of drug-likeness (QED) is 0.504. The van der Waals surface area contributed by atoms with Gasteiger partial charge < -0.3 is 4.74 Å². The van der Waals surface area contributed by atoms with Crippen LogP contribution < -0.4 is 10.2 Å². The molecule has 1 amide bonds. The van der Waals surface area contributed by atoms with Crippen LogP contribution >= 0.6 is 22.6 Å². The van der Waals surface area contributed by atoms with E-state index in [1.165, 1.54) is 0 Å². The summed E-state index contributed by atoms with van der Waals surface area (Å²) in [6.45, 7) is 0. The summed E-state index contributed by atoms with van der Waals surface area (Å²) >= 11 is 2.19. The highest BCUT2D eigenvalue weighted by atomic mass is 127. The molecule has 0 aliphatic rings. The number of benzene rings is 2. The van der Waals surface area contributed by atoms with Crippen LogP contribution in [0.2, 0.25) is 0 Å². The third-order valence-corrected chi connectivity index (χ3v) is 3.43. The Balaban J connectivity index is 2.00. The molecule has 0 aliphatic heterocycles. The van der Waals surface area contributed by atoms with Gasteiger partial charge in [0.15, 0.2) is 0 Å². The lowest BCUT2D eigenvalue weighted by Gasteiger charge is -2.03. The number of hydrazone groups is 1. The first-order valence-electron chi connectivity index (χ1n) is 5.92. The molecule has 0 radical (unpaired) electrons. The normalized spacial score (nSPS) is 10.5. The standard InChI is InChI=1S/C15H13IN2O2/c1-20-14-8-7-11(9-13(14)16)10-17-18-15(19)12-5-3-2-4-6-12/h2-10H,1H3,(H,18,19)/b17-10+. The summed E-state index contributed by atoms with van der Waals surface area (Å²) in [5.74, 6) is 0.584. The lowest BCUT2D eigenvalue weighted by atomic mass is 10.2. The molecular weight excluding hydrogens is 367 g/mol. The number of hydrogen-bond acceptors (Lipinski definition) is 3. The molecule has 0 unspecified atom stereocenters. The van der Waals surface area contributed by atoms with Crippen molar-refractivity contribution in [2.24, 2.45) is 5.10 Å². The molecule has 0 bridgehead atoms. The number of amides is 1. The van der Waals surface area contributed by atoms with E-state index in [4.69, 9.17) is 4.74 Å². The molecule has 0 saturated heterocycles. The van der Waals surface area contributed by atoms with E-state index in [1.54, 1.807) is 25.5 Å². The van der Waals surface area contributed by atoms with Crippen molar-refractivity contribution >= 4 is 34.7 Å². The van der Waals surface area contributed by atoms with Gasteiger partial charge in [0.25, 0.3) is 5.91 Å². The average Bonchev–Trinajstić information content (AvgIpc) is 2.48. The minimum absolute atomic E-state index is 0.231. The van der Waals surface area contributed by atoms with Gasteiger partial charge in [-0.05, 0) is 58.5 Å². The Morgan fingerprint density at radius 2 is 2.00 bits per heavy atom. The van der Waals surface area contributed by atoms with Crippen LogP contribution in [0.25, 0.3) is 0 Å². The molecule has 0 aromatic heterocycles. The first-order chi connectivity index (χ1) is 9.70. The number of ether oxygens (including phenoxy) is 1. The van der Waals surface area contributed by atoms with Crippen molar-refractivity contribution in [3.05, 3.63) is 63.2 Å². The van der Waals surface area contributed by atoms with Gasteiger partial charge in [-0.15, -0.1) is 0 Å². The van der Waals surface area contributed by atoms with Crippen molar-refractivity contribution in [3.8, 4) is 5.75 Å². The summed E-state index contributed by atoms with van der Waals surface area (Å²) in [5, 5.41) is 3.95. The number of nitrogens with zero attached hydrogens (tertiary/aromatic N) is 1. The summed E-state index contributed by atoms with van der Waals surface area (Å²) in [5.41, 5.74) is 3.96. The molecule has 0 fully saturated rings. The molecule has 4 nitrogen and oxygen atoms in total. The number of carbonyl (C=O) groups is 1. The van der Waals surface area contributed by atoms with E-state index in [0.29, 0.717) is 5.56 Å². The fourth-order valence-electron chi connectivity index (χ4n) is 1.58. The lowest BCUT2D eigenvalue weighted by Crippen LogP contribution is -2.17. The van der Waals surface area contributed by atoms with Crippen molar-refractivity contribution in [3.63, 3.8) is 0 Å². The van der Waals surface area contributed by atoms with Gasteiger partial charge in [-0.3, -0.25) is 4.79 Å². The van der Waals surface area contributed by atoms with Crippen LogP contribution in [0.1, 0.15) is 15.9 Å². The third kappa shape index (κ3) is 3.80. The predicted molar refractivity (Wildman–Crippen MR) is 87.2 cm³/mol. The van der Waals surface area contributed by atoms with E-state index in [-0.39, 0.29) is 5.91 Å². The Labute approximate surface area is 131 Å². The fourth-order valence-corrected chi connectivity index (χ4v) is 2.34. The van der Waals surface area contributed by atoms with E-state index in [9.17, 15) is 4.79 Å². The molecule has 2 aromatic rings. The Hall–Kier alpha value is -1.89. The minimum atomic E-state index is -0.231. The number of carbonyl (C=O) groups excluding carboxylic acids is 1. The van der Waals surface area contributed by atoms with E-state index >= 15 is 0 Å². The van der Waals surface area contributed by atoms with Crippen molar-refractivity contribution in [2.75, 3.05) is 7.11 Å². The van der Waals surface area contributed by atoms with Crippen molar-refractivity contribution in [1.82, 2.24) is 5.43 Å². The molecule has 5 heteroatoms. The summed E-state index contributed by atoms with van der Waals surface area (Å²) in [6, 6.07) is 14.6. The smallest absolute Gasteiger partial charge is 0.271 e. The number of halogens is 1. The van der Waals surface area contributed by atoms with Gasteiger partial charge >= 0.3 is 0 Å². The van der Waals surface area contributed by atoms with Gasteiger partial charge in [0, 0.05) is 5.56 Å². The van der Waals surface area contributed by atoms with Gasteiger partial charge in [-0.2, -0.15) is 5.10 Å². The second kappa shape index (κ2) is 7.04. The van der Waals surface area contributed by atoms with Crippen LogP contribution in [-0.4, -0.2) is 19.2 Å². The predicted octanol–water partition coefficient (Wildman–Crippen LogP) is 3.06. The maximum absolute atomic E-state index is 11.8. The van der Waals surface area contributed by atoms with Crippen LogP contribution in [0.4, 0.5) is 0 Å². The maximum atomic E-state index is 11.8. The maximum Gasteiger partial charge on any atom is 0.271 e. The van der Waals surface area contributed by atoms with Crippen LogP contribution in [-0.2, 0) is 0 Å². The Morgan fingerprint density at radius 3 is 2.65 bits per heavy atom. The van der Waals surface area contributed by atoms with Gasteiger partial charge in [-0.25, -0.2) is 5.43 Å². The Bertz CT molecular complexity index is 627. The van der Waals surface area contributed by atoms with Crippen LogP contribution in [0, 0.1) is 3.57 Å². The fraction of sp³-hybridized carbons (Fsp3) is 0.0667. The molecule has 0 aliphatic carbocycles. The molecule has 0 saturated carbocycles. The molecule has 2 aromatic carbocycles. The van der Waals surface area contributed by atoms with Crippen LogP contribution in [0.15, 0.2) is 53.6 Å². The van der Waals surface area contributed by atoms with Gasteiger partial charge in [0.05, 0.1) is 16.9 Å². The van der Waals surface area contributed by atoms with Crippen molar-refractivity contribution in [2.45, 2.75) is 0 Å². The van der Waals surface area contributed by atoms with E-state index in [2.05, 4.69) is 33.1 Å². The first-order valence-corrected chi connectivity index (χ1v) is 7.00. The summed E-state index contributed by atoms with van der Waals surface area (Å²) in [4.78, 5) is 11.8. The molecule has 2 rings (SSSR count). The molecule has 0 heterocycles.